The summed E-state index contributed by atoms with van der Waals surface area (Å²) in [7, 11) is 0. The summed E-state index contributed by atoms with van der Waals surface area (Å²) in [6.07, 6.45) is 3.26. The van der Waals surface area contributed by atoms with E-state index >= 15 is 0 Å². The molecule has 0 saturated carbocycles. The Morgan fingerprint density at radius 3 is 2.06 bits per heavy atom. The second-order valence-corrected chi connectivity index (χ2v) is 3.64. The van der Waals surface area contributed by atoms with Crippen LogP contribution in [0.25, 0.3) is 17.1 Å². The van der Waals surface area contributed by atoms with E-state index in [2.05, 4.69) is 30.6 Å². The Morgan fingerprint density at radius 1 is 0.833 bits per heavy atom. The molecule has 0 N–H and O–H groups in total. The zero-order chi connectivity index (χ0) is 12.4. The molecule has 0 saturated heterocycles. The van der Waals surface area contributed by atoms with Crippen molar-refractivity contribution in [1.29, 1.82) is 0 Å². The Kier molecular flexibility index (Phi) is 2.49. The summed E-state index contributed by atoms with van der Waals surface area (Å²) in [5.74, 6) is 1.05. The average molecular weight is 239 g/mol. The Hall–Kier alpha value is -2.70. The summed E-state index contributed by atoms with van der Waals surface area (Å²) >= 11 is 0. The third-order valence-electron chi connectivity index (χ3n) is 2.35. The van der Waals surface area contributed by atoms with Crippen LogP contribution in [-0.2, 0) is 0 Å². The Labute approximate surface area is 103 Å². The van der Waals surface area contributed by atoms with Crippen LogP contribution in [0.15, 0.2) is 36.7 Å². The van der Waals surface area contributed by atoms with Crippen molar-refractivity contribution in [3.05, 3.63) is 42.5 Å². The first kappa shape index (κ1) is 10.5. The Bertz CT molecular complexity index is 628. The lowest BCUT2D eigenvalue weighted by Gasteiger charge is -2.01. The molecule has 18 heavy (non-hydrogen) atoms. The van der Waals surface area contributed by atoms with Gasteiger partial charge >= 0.3 is 0 Å². The van der Waals surface area contributed by atoms with Crippen LogP contribution in [0.3, 0.4) is 0 Å². The smallest absolute Gasteiger partial charge is 0.157 e. The third-order valence-corrected chi connectivity index (χ3v) is 2.35. The SMILES string of the molecule is Cc1nnc(-c2ccc(-n3nccn3)cc2)nn1. The molecule has 2 heterocycles. The van der Waals surface area contributed by atoms with Gasteiger partial charge in [0.15, 0.2) is 5.82 Å². The van der Waals surface area contributed by atoms with Gasteiger partial charge in [0.2, 0.25) is 5.82 Å². The van der Waals surface area contributed by atoms with E-state index in [0.717, 1.165) is 11.3 Å². The van der Waals surface area contributed by atoms with Crippen molar-refractivity contribution in [2.24, 2.45) is 0 Å². The minimum atomic E-state index is 0.501. The van der Waals surface area contributed by atoms with Crippen molar-refractivity contribution in [2.75, 3.05) is 0 Å². The van der Waals surface area contributed by atoms with Crippen LogP contribution in [0.1, 0.15) is 5.82 Å². The molecule has 0 aliphatic carbocycles. The summed E-state index contributed by atoms with van der Waals surface area (Å²) in [5.41, 5.74) is 1.72. The van der Waals surface area contributed by atoms with E-state index < -0.39 is 0 Å². The lowest BCUT2D eigenvalue weighted by atomic mass is 10.2. The standard InChI is InChI=1S/C11H9N7/c1-8-14-16-11(17-15-8)9-2-4-10(5-3-9)18-12-6-7-13-18/h2-7H,1H3. The van der Waals surface area contributed by atoms with E-state index in [-0.39, 0.29) is 0 Å². The van der Waals surface area contributed by atoms with Crippen LogP contribution >= 0.6 is 0 Å². The summed E-state index contributed by atoms with van der Waals surface area (Å²) < 4.78 is 0. The second-order valence-electron chi connectivity index (χ2n) is 3.64. The monoisotopic (exact) mass is 239 g/mol. The summed E-state index contributed by atoms with van der Waals surface area (Å²) in [5, 5.41) is 23.8. The van der Waals surface area contributed by atoms with Crippen LogP contribution in [-0.4, -0.2) is 35.4 Å². The molecule has 7 nitrogen and oxygen atoms in total. The maximum Gasteiger partial charge on any atom is 0.203 e. The van der Waals surface area contributed by atoms with E-state index in [1.807, 2.05) is 24.3 Å². The van der Waals surface area contributed by atoms with Crippen molar-refractivity contribution in [2.45, 2.75) is 6.92 Å². The fourth-order valence-corrected chi connectivity index (χ4v) is 1.49. The summed E-state index contributed by atoms with van der Waals surface area (Å²) in [4.78, 5) is 1.54. The molecular formula is C11H9N7. The predicted octanol–water partition coefficient (Wildman–Crippen LogP) is 0.823. The van der Waals surface area contributed by atoms with Crippen LogP contribution < -0.4 is 0 Å². The lowest BCUT2D eigenvalue weighted by molar-refractivity contribution is 0.752. The van der Waals surface area contributed by atoms with Gasteiger partial charge in [-0.05, 0) is 31.2 Å². The first-order valence-corrected chi connectivity index (χ1v) is 5.34. The highest BCUT2D eigenvalue weighted by Crippen LogP contribution is 2.15. The van der Waals surface area contributed by atoms with E-state index in [4.69, 9.17) is 0 Å². The normalized spacial score (nSPS) is 10.5. The average Bonchev–Trinajstić information content (AvgIpc) is 2.94. The van der Waals surface area contributed by atoms with Gasteiger partial charge in [0, 0.05) is 5.56 Å². The topological polar surface area (TPSA) is 82.3 Å². The van der Waals surface area contributed by atoms with Crippen LogP contribution in [0.2, 0.25) is 0 Å². The predicted molar refractivity (Wildman–Crippen MR) is 62.7 cm³/mol. The molecule has 0 fully saturated rings. The largest absolute Gasteiger partial charge is 0.203 e. The molecule has 0 unspecified atom stereocenters. The van der Waals surface area contributed by atoms with Crippen LogP contribution in [0, 0.1) is 6.92 Å². The number of nitrogens with zero attached hydrogens (tertiary/aromatic N) is 7. The van der Waals surface area contributed by atoms with Crippen molar-refractivity contribution in [3.8, 4) is 17.1 Å². The van der Waals surface area contributed by atoms with Gasteiger partial charge in [-0.1, -0.05) is 0 Å². The minimum Gasteiger partial charge on any atom is -0.157 e. The van der Waals surface area contributed by atoms with E-state index in [0.29, 0.717) is 11.6 Å². The van der Waals surface area contributed by atoms with Gasteiger partial charge in [0.05, 0.1) is 18.1 Å². The molecule has 0 amide bonds. The zero-order valence-corrected chi connectivity index (χ0v) is 9.59. The van der Waals surface area contributed by atoms with E-state index in [1.54, 1.807) is 19.3 Å². The van der Waals surface area contributed by atoms with Crippen molar-refractivity contribution < 1.29 is 0 Å². The lowest BCUT2D eigenvalue weighted by Crippen LogP contribution is -2.00. The molecule has 1 aromatic carbocycles. The number of benzene rings is 1. The van der Waals surface area contributed by atoms with Crippen molar-refractivity contribution in [1.82, 2.24) is 35.4 Å². The fraction of sp³-hybridized carbons (Fsp3) is 0.0909. The highest BCUT2D eigenvalue weighted by molar-refractivity contribution is 5.55. The van der Waals surface area contributed by atoms with Gasteiger partial charge in [-0.3, -0.25) is 0 Å². The number of hydrogen-bond acceptors (Lipinski definition) is 6. The first-order chi connectivity index (χ1) is 8.83. The van der Waals surface area contributed by atoms with Crippen LogP contribution in [0.4, 0.5) is 0 Å². The highest BCUT2D eigenvalue weighted by atomic mass is 15.5. The van der Waals surface area contributed by atoms with Gasteiger partial charge < -0.3 is 0 Å². The van der Waals surface area contributed by atoms with Gasteiger partial charge in [0.1, 0.15) is 0 Å². The van der Waals surface area contributed by atoms with Gasteiger partial charge in [-0.2, -0.15) is 15.0 Å². The van der Waals surface area contributed by atoms with Gasteiger partial charge in [-0.25, -0.2) is 0 Å². The third kappa shape index (κ3) is 1.93. The van der Waals surface area contributed by atoms with Gasteiger partial charge in [0.25, 0.3) is 0 Å². The molecule has 0 spiro atoms. The molecule has 0 bridgehead atoms. The number of aromatic nitrogens is 7. The van der Waals surface area contributed by atoms with Gasteiger partial charge in [-0.15, -0.1) is 20.4 Å². The molecule has 88 valence electrons. The number of rotatable bonds is 2. The molecule has 3 rings (SSSR count). The van der Waals surface area contributed by atoms with E-state index in [1.165, 1.54) is 4.80 Å². The quantitative estimate of drug-likeness (QED) is 0.658. The molecule has 0 aliphatic heterocycles. The second kappa shape index (κ2) is 4.28. The molecule has 3 aromatic rings. The number of aryl methyl sites for hydroxylation is 1. The first-order valence-electron chi connectivity index (χ1n) is 5.34. The minimum absolute atomic E-state index is 0.501. The zero-order valence-electron chi connectivity index (χ0n) is 9.59. The summed E-state index contributed by atoms with van der Waals surface area (Å²) in [6.45, 7) is 1.75. The van der Waals surface area contributed by atoms with Crippen molar-refractivity contribution >= 4 is 0 Å². The molecule has 0 atom stereocenters. The van der Waals surface area contributed by atoms with Crippen LogP contribution in [0.5, 0.6) is 0 Å². The Balaban J connectivity index is 1.94. The molecule has 2 aromatic heterocycles. The number of hydrogen-bond donors (Lipinski definition) is 0. The van der Waals surface area contributed by atoms with E-state index in [9.17, 15) is 0 Å². The molecule has 7 heteroatoms. The summed E-state index contributed by atoms with van der Waals surface area (Å²) in [6, 6.07) is 7.54. The maximum absolute atomic E-state index is 4.05. The highest BCUT2D eigenvalue weighted by Gasteiger charge is 2.04. The fourth-order valence-electron chi connectivity index (χ4n) is 1.49. The maximum atomic E-state index is 4.05. The molecule has 0 radical (unpaired) electrons. The molecule has 0 aliphatic rings. The molecular weight excluding hydrogens is 230 g/mol. The Morgan fingerprint density at radius 2 is 1.44 bits per heavy atom. The van der Waals surface area contributed by atoms with Crippen molar-refractivity contribution in [3.63, 3.8) is 0 Å².